The maximum Gasteiger partial charge on any atom is 0.285 e. The van der Waals surface area contributed by atoms with Crippen LogP contribution in [0.5, 0.6) is 0 Å². The maximum atomic E-state index is 13.0. The van der Waals surface area contributed by atoms with Gasteiger partial charge in [-0.3, -0.25) is 9.59 Å². The zero-order valence-corrected chi connectivity index (χ0v) is 57.9. The van der Waals surface area contributed by atoms with Gasteiger partial charge in [-0.2, -0.15) is 9.98 Å². The van der Waals surface area contributed by atoms with Gasteiger partial charge in [0.15, 0.2) is 0 Å². The first-order valence-corrected chi connectivity index (χ1v) is 39.7. The van der Waals surface area contributed by atoms with Crippen LogP contribution in [-0.4, -0.2) is 32.1 Å². The molecule has 0 N–H and O–H groups in total. The van der Waals surface area contributed by atoms with Gasteiger partial charge >= 0.3 is 0 Å². The largest absolute Gasteiger partial charge is 0.285 e. The molecule has 0 spiro atoms. The van der Waals surface area contributed by atoms with E-state index in [0.29, 0.717) is 0 Å². The summed E-state index contributed by atoms with van der Waals surface area (Å²) in [5, 5.41) is 0. The molecule has 6 aromatic rings. The van der Waals surface area contributed by atoms with E-state index in [1.54, 1.807) is 23.5 Å². The number of nitrogens with zero attached hydrogens (tertiary/aromatic N) is 2. The summed E-state index contributed by atoms with van der Waals surface area (Å²) < 4.78 is 1.73. The van der Waals surface area contributed by atoms with Crippen molar-refractivity contribution in [1.29, 1.82) is 0 Å². The van der Waals surface area contributed by atoms with Gasteiger partial charge in [-0.1, -0.05) is 217 Å². The van der Waals surface area contributed by atoms with Crippen molar-refractivity contribution in [2.75, 3.05) is 11.5 Å². The van der Waals surface area contributed by atoms with Gasteiger partial charge in [0.25, 0.3) is 11.8 Å². The SMILES string of the molecule is CCCCCCCCc1cc(/C=C2\SC(SCC)=NC2=O)sc1-c1ccc(-c2sc(-c3cc(CCCCCCCC)c(-c4ccc(-c5sc(/C=C6\SC(SCC)=NC6=O)cc5CCCCCCCC)s4)s3)cc2CCCCCCCC)s1. The van der Waals surface area contributed by atoms with Crippen LogP contribution in [0.4, 0.5) is 0 Å². The number of thioether (sulfide) groups is 4. The van der Waals surface area contributed by atoms with Crippen molar-refractivity contribution in [3.05, 3.63) is 90.3 Å². The summed E-state index contributed by atoms with van der Waals surface area (Å²) in [5.74, 6) is 1.62. The number of aliphatic imine (C=N–C) groups is 2. The van der Waals surface area contributed by atoms with Gasteiger partial charge in [0.05, 0.1) is 9.81 Å². The predicted octanol–water partition coefficient (Wildman–Crippen LogP) is 25.4. The van der Waals surface area contributed by atoms with E-state index < -0.39 is 0 Å². The third kappa shape index (κ3) is 19.4. The van der Waals surface area contributed by atoms with Gasteiger partial charge in [0, 0.05) is 58.5 Å². The van der Waals surface area contributed by atoms with Crippen LogP contribution >= 0.6 is 115 Å². The minimum Gasteiger partial charge on any atom is -0.266 e. The molecule has 6 aromatic heterocycles. The van der Waals surface area contributed by atoms with Crippen LogP contribution < -0.4 is 0 Å². The first-order valence-electron chi connectivity index (χ1n) is 31.2. The number of amides is 2. The second-order valence-corrected chi connectivity index (χ2v) is 33.3. The molecule has 0 aromatic carbocycles. The van der Waals surface area contributed by atoms with Gasteiger partial charge in [-0.05, 0) is 146 Å². The molecule has 442 valence electrons. The van der Waals surface area contributed by atoms with E-state index in [1.807, 2.05) is 68.0 Å². The van der Waals surface area contributed by atoms with Gasteiger partial charge in [-0.15, -0.1) is 68.0 Å². The average Bonchev–Trinajstić information content (AvgIpc) is 4.49. The molecule has 4 nitrogen and oxygen atoms in total. The summed E-state index contributed by atoms with van der Waals surface area (Å²) in [5.41, 5.74) is 5.84. The standard InChI is InChI=1S/C68H88N2O2S10/c1-7-13-17-21-25-29-33-47-41-51(45-59-65(71)69-67(81-59)73-11-5)75-61(47)53-37-39-55(77-53)63-49(35-31-27-23-19-15-9-3)43-57(79-63)58-44-50(36-32-28-24-20-16-10-4)64(80-58)56-40-38-54(78-56)62-48(34-30-26-22-18-14-8-2)42-52(76-62)46-60-66(72)70-68(82-60)74-12-6/h37-46H,7-36H2,1-6H3/b59-45-,60-46-. The van der Waals surface area contributed by atoms with E-state index in [1.165, 1.54) is 249 Å². The smallest absolute Gasteiger partial charge is 0.266 e. The van der Waals surface area contributed by atoms with Crippen LogP contribution in [0.25, 0.3) is 60.9 Å². The lowest BCUT2D eigenvalue weighted by atomic mass is 10.0. The Balaban J connectivity index is 1.12. The number of unbranched alkanes of at least 4 members (excludes halogenated alkanes) is 20. The maximum absolute atomic E-state index is 13.0. The number of thiophene rings is 6. The molecule has 14 heteroatoms. The minimum atomic E-state index is -0.102. The lowest BCUT2D eigenvalue weighted by Gasteiger charge is -2.04. The Hall–Kier alpha value is -2.24. The fourth-order valence-corrected chi connectivity index (χ4v) is 22.0. The second-order valence-electron chi connectivity index (χ2n) is 21.8. The lowest BCUT2D eigenvalue weighted by molar-refractivity contribution is -0.114. The molecule has 8 rings (SSSR count). The summed E-state index contributed by atoms with van der Waals surface area (Å²) in [7, 11) is 0. The first-order chi connectivity index (χ1) is 40.2. The van der Waals surface area contributed by atoms with Gasteiger partial charge in [0.2, 0.25) is 0 Å². The third-order valence-electron chi connectivity index (χ3n) is 15.1. The molecule has 0 unspecified atom stereocenters. The molecule has 0 fully saturated rings. The molecule has 0 atom stereocenters. The van der Waals surface area contributed by atoms with Gasteiger partial charge < -0.3 is 0 Å². The fourth-order valence-electron chi connectivity index (χ4n) is 10.7. The Labute approximate surface area is 534 Å². The molecule has 0 radical (unpaired) electrons. The molecule has 82 heavy (non-hydrogen) atoms. The zero-order valence-electron chi connectivity index (χ0n) is 49.8. The highest BCUT2D eigenvalue weighted by atomic mass is 32.2. The van der Waals surface area contributed by atoms with Crippen molar-refractivity contribution in [3.8, 4) is 48.8 Å². The number of rotatable bonds is 37. The fraction of sp³-hybridized carbons (Fsp3) is 0.529. The Bertz CT molecular complexity index is 2890. The summed E-state index contributed by atoms with van der Waals surface area (Å²) in [6.45, 7) is 13.4. The van der Waals surface area contributed by atoms with E-state index >= 15 is 0 Å². The third-order valence-corrected chi connectivity index (χ3v) is 26.8. The highest BCUT2D eigenvalue weighted by Gasteiger charge is 2.26. The molecular formula is C68H88N2O2S10. The topological polar surface area (TPSA) is 58.9 Å². The van der Waals surface area contributed by atoms with Crippen LogP contribution in [0.1, 0.15) is 228 Å². The Morgan fingerprint density at radius 3 is 0.963 bits per heavy atom. The summed E-state index contributed by atoms with van der Waals surface area (Å²) in [6, 6.07) is 19.5. The molecule has 0 bridgehead atoms. The van der Waals surface area contributed by atoms with Gasteiger partial charge in [-0.25, -0.2) is 0 Å². The van der Waals surface area contributed by atoms with E-state index in [0.717, 1.165) is 65.5 Å². The van der Waals surface area contributed by atoms with E-state index in [9.17, 15) is 9.59 Å². The van der Waals surface area contributed by atoms with Crippen molar-refractivity contribution in [2.45, 2.75) is 221 Å². The predicted molar refractivity (Wildman–Crippen MR) is 381 cm³/mol. The molecule has 2 aliphatic heterocycles. The van der Waals surface area contributed by atoms with E-state index in [2.05, 4.69) is 112 Å². The summed E-state index contributed by atoms with van der Waals surface area (Å²) in [4.78, 5) is 52.5. The Kier molecular flexibility index (Phi) is 28.5. The number of hydrogen-bond donors (Lipinski definition) is 0. The monoisotopic (exact) mass is 1280 g/mol. The molecule has 0 saturated carbocycles. The van der Waals surface area contributed by atoms with E-state index in [-0.39, 0.29) is 11.8 Å². The number of carbonyl (C=O) groups excluding carboxylic acids is 2. The first kappa shape index (κ1) is 65.7. The van der Waals surface area contributed by atoms with Crippen LogP contribution in [0.15, 0.2) is 68.3 Å². The Morgan fingerprint density at radius 1 is 0.354 bits per heavy atom. The highest BCUT2D eigenvalue weighted by molar-refractivity contribution is 8.41. The molecule has 8 heterocycles. The molecule has 2 amide bonds. The lowest BCUT2D eigenvalue weighted by Crippen LogP contribution is -1.87. The van der Waals surface area contributed by atoms with Crippen molar-refractivity contribution in [2.24, 2.45) is 9.98 Å². The quantitative estimate of drug-likeness (QED) is 0.0286. The molecule has 0 aliphatic carbocycles. The number of carbonyl (C=O) groups is 2. The highest BCUT2D eigenvalue weighted by Crippen LogP contribution is 2.51. The van der Waals surface area contributed by atoms with Crippen LogP contribution in [-0.2, 0) is 35.3 Å². The second kappa shape index (κ2) is 35.5. The van der Waals surface area contributed by atoms with Gasteiger partial charge in [0.1, 0.15) is 8.75 Å². The van der Waals surface area contributed by atoms with Crippen molar-refractivity contribution in [1.82, 2.24) is 0 Å². The number of aryl methyl sites for hydroxylation is 4. The Morgan fingerprint density at radius 2 is 0.646 bits per heavy atom. The minimum absolute atomic E-state index is 0.102. The molecule has 0 saturated heterocycles. The average molecular weight is 1290 g/mol. The van der Waals surface area contributed by atoms with Crippen molar-refractivity contribution < 1.29 is 9.59 Å². The normalized spacial score (nSPS) is 14.7. The van der Waals surface area contributed by atoms with Crippen molar-refractivity contribution >= 4 is 148 Å². The van der Waals surface area contributed by atoms with Crippen LogP contribution in [0.2, 0.25) is 0 Å². The molecule has 2 aliphatic rings. The van der Waals surface area contributed by atoms with Crippen LogP contribution in [0.3, 0.4) is 0 Å². The molecular weight excluding hydrogens is 1200 g/mol. The number of hydrogen-bond acceptors (Lipinski definition) is 12. The summed E-state index contributed by atoms with van der Waals surface area (Å²) in [6.07, 6.45) is 39.3. The van der Waals surface area contributed by atoms with E-state index in [4.69, 9.17) is 0 Å². The summed E-state index contributed by atoms with van der Waals surface area (Å²) >= 11 is 18.1. The zero-order chi connectivity index (χ0) is 57.5. The van der Waals surface area contributed by atoms with Crippen molar-refractivity contribution in [3.63, 3.8) is 0 Å². The van der Waals surface area contributed by atoms with Crippen LogP contribution in [0, 0.1) is 0 Å².